The number of amides is 2. The van der Waals surface area contributed by atoms with Crippen molar-refractivity contribution in [1.82, 2.24) is 10.6 Å². The summed E-state index contributed by atoms with van der Waals surface area (Å²) in [4.78, 5) is 23.7. The van der Waals surface area contributed by atoms with Crippen molar-refractivity contribution < 1.29 is 19.1 Å². The van der Waals surface area contributed by atoms with Gasteiger partial charge >= 0.3 is 0 Å². The smallest absolute Gasteiger partial charge is 0.223 e. The maximum Gasteiger partial charge on any atom is 0.223 e. The lowest BCUT2D eigenvalue weighted by molar-refractivity contribution is -0.123. The number of ether oxygens (including phenoxy) is 2. The van der Waals surface area contributed by atoms with Crippen LogP contribution in [0.3, 0.4) is 0 Å². The fourth-order valence-electron chi connectivity index (χ4n) is 2.75. The maximum atomic E-state index is 12.0. The van der Waals surface area contributed by atoms with Crippen LogP contribution in [0.15, 0.2) is 18.2 Å². The fourth-order valence-corrected chi connectivity index (χ4v) is 2.75. The molecular weight excluding hydrogens is 344 g/mol. The summed E-state index contributed by atoms with van der Waals surface area (Å²) in [6.45, 7) is 7.81. The Morgan fingerprint density at radius 1 is 1.22 bits per heavy atom. The largest absolute Gasteiger partial charge is 0.493 e. The molecular formula is C21H32N2O4. The molecule has 0 radical (unpaired) electrons. The SMILES string of the molecule is COc1cc(CNC(=O)CCNC(=O)[C@H]2C[C@@H]2C)ccc1OCCC(C)C. The van der Waals surface area contributed by atoms with Crippen LogP contribution in [0.1, 0.15) is 45.6 Å². The van der Waals surface area contributed by atoms with Gasteiger partial charge in [-0.05, 0) is 42.4 Å². The monoisotopic (exact) mass is 376 g/mol. The van der Waals surface area contributed by atoms with Crippen LogP contribution in [0.2, 0.25) is 0 Å². The quantitative estimate of drug-likeness (QED) is 0.623. The van der Waals surface area contributed by atoms with E-state index < -0.39 is 0 Å². The summed E-state index contributed by atoms with van der Waals surface area (Å²) in [6.07, 6.45) is 2.22. The average Bonchev–Trinajstić information content (AvgIpc) is 3.37. The molecule has 27 heavy (non-hydrogen) atoms. The third-order valence-corrected chi connectivity index (χ3v) is 4.77. The molecule has 0 unspecified atom stereocenters. The van der Waals surface area contributed by atoms with Crippen molar-refractivity contribution in [3.63, 3.8) is 0 Å². The first-order valence-corrected chi connectivity index (χ1v) is 9.74. The molecule has 1 aliphatic rings. The Labute approximate surface area is 162 Å². The van der Waals surface area contributed by atoms with E-state index >= 15 is 0 Å². The molecule has 150 valence electrons. The third-order valence-electron chi connectivity index (χ3n) is 4.77. The van der Waals surface area contributed by atoms with Gasteiger partial charge in [-0.1, -0.05) is 26.8 Å². The van der Waals surface area contributed by atoms with Gasteiger partial charge in [0.15, 0.2) is 11.5 Å². The van der Waals surface area contributed by atoms with Crippen LogP contribution in [0.4, 0.5) is 0 Å². The Kier molecular flexibility index (Phi) is 7.95. The Morgan fingerprint density at radius 3 is 2.59 bits per heavy atom. The highest BCUT2D eigenvalue weighted by molar-refractivity contribution is 5.82. The number of nitrogens with one attached hydrogen (secondary N) is 2. The first-order chi connectivity index (χ1) is 12.9. The molecule has 1 aromatic rings. The topological polar surface area (TPSA) is 76.7 Å². The number of hydrogen-bond donors (Lipinski definition) is 2. The zero-order chi connectivity index (χ0) is 19.8. The molecule has 1 aromatic carbocycles. The molecule has 2 N–H and O–H groups in total. The van der Waals surface area contributed by atoms with E-state index in [4.69, 9.17) is 9.47 Å². The van der Waals surface area contributed by atoms with Crippen LogP contribution in [0.5, 0.6) is 11.5 Å². The minimum absolute atomic E-state index is 0.0630. The molecule has 0 saturated heterocycles. The van der Waals surface area contributed by atoms with Crippen molar-refractivity contribution in [2.45, 2.75) is 46.6 Å². The van der Waals surface area contributed by atoms with Crippen LogP contribution in [-0.2, 0) is 16.1 Å². The van der Waals surface area contributed by atoms with Gasteiger partial charge < -0.3 is 20.1 Å². The first kappa shape index (κ1) is 21.1. The number of rotatable bonds is 11. The van der Waals surface area contributed by atoms with Crippen molar-refractivity contribution in [3.8, 4) is 11.5 Å². The molecule has 0 bridgehead atoms. The van der Waals surface area contributed by atoms with Crippen molar-refractivity contribution in [1.29, 1.82) is 0 Å². The van der Waals surface area contributed by atoms with Crippen LogP contribution < -0.4 is 20.1 Å². The number of carbonyl (C=O) groups is 2. The molecule has 6 nitrogen and oxygen atoms in total. The first-order valence-electron chi connectivity index (χ1n) is 9.74. The standard InChI is InChI=1S/C21H32N2O4/c1-14(2)8-10-27-18-6-5-16(12-19(18)26-4)13-23-20(24)7-9-22-21(25)17-11-15(17)3/h5-6,12,14-15,17H,7-11,13H2,1-4H3,(H,22,25)(H,23,24)/t15-,17-/m0/s1. The van der Waals surface area contributed by atoms with Crippen LogP contribution in [0, 0.1) is 17.8 Å². The van der Waals surface area contributed by atoms with Crippen molar-refractivity contribution in [3.05, 3.63) is 23.8 Å². The van der Waals surface area contributed by atoms with E-state index in [0.29, 0.717) is 43.0 Å². The zero-order valence-electron chi connectivity index (χ0n) is 16.8. The fraction of sp³-hybridized carbons (Fsp3) is 0.619. The van der Waals surface area contributed by atoms with Crippen LogP contribution in [-0.4, -0.2) is 32.1 Å². The summed E-state index contributed by atoms with van der Waals surface area (Å²) in [5.41, 5.74) is 0.937. The van der Waals surface area contributed by atoms with Gasteiger partial charge in [-0.25, -0.2) is 0 Å². The Bertz CT molecular complexity index is 645. The predicted octanol–water partition coefficient (Wildman–Crippen LogP) is 2.90. The lowest BCUT2D eigenvalue weighted by atomic mass is 10.1. The van der Waals surface area contributed by atoms with Gasteiger partial charge in [0.05, 0.1) is 13.7 Å². The van der Waals surface area contributed by atoms with Gasteiger partial charge in [-0.15, -0.1) is 0 Å². The van der Waals surface area contributed by atoms with E-state index in [1.807, 2.05) is 18.2 Å². The number of methoxy groups -OCH3 is 1. The Morgan fingerprint density at radius 2 is 1.96 bits per heavy atom. The second kappa shape index (κ2) is 10.2. The van der Waals surface area contributed by atoms with Gasteiger partial charge in [-0.2, -0.15) is 0 Å². The van der Waals surface area contributed by atoms with Crippen LogP contribution in [0.25, 0.3) is 0 Å². The van der Waals surface area contributed by atoms with Crippen LogP contribution >= 0.6 is 0 Å². The number of carbonyl (C=O) groups excluding carboxylic acids is 2. The van der Waals surface area contributed by atoms with Gasteiger partial charge in [0.1, 0.15) is 0 Å². The third kappa shape index (κ3) is 7.12. The summed E-state index contributed by atoms with van der Waals surface area (Å²) in [6, 6.07) is 5.67. The Balaban J connectivity index is 1.72. The summed E-state index contributed by atoms with van der Waals surface area (Å²) in [5.74, 6) is 2.56. The van der Waals surface area contributed by atoms with Crippen molar-refractivity contribution >= 4 is 11.8 Å². The highest BCUT2D eigenvalue weighted by Crippen LogP contribution is 2.37. The second-order valence-corrected chi connectivity index (χ2v) is 7.65. The highest BCUT2D eigenvalue weighted by atomic mass is 16.5. The van der Waals surface area contributed by atoms with Gasteiger partial charge in [0.25, 0.3) is 0 Å². The van der Waals surface area contributed by atoms with E-state index in [0.717, 1.165) is 18.4 Å². The number of hydrogen-bond acceptors (Lipinski definition) is 4. The van der Waals surface area contributed by atoms with Crippen molar-refractivity contribution in [2.24, 2.45) is 17.8 Å². The van der Waals surface area contributed by atoms with E-state index in [9.17, 15) is 9.59 Å². The van der Waals surface area contributed by atoms with Crippen molar-refractivity contribution in [2.75, 3.05) is 20.3 Å². The Hall–Kier alpha value is -2.24. The highest BCUT2D eigenvalue weighted by Gasteiger charge is 2.38. The molecule has 0 aliphatic heterocycles. The molecule has 2 amide bonds. The lowest BCUT2D eigenvalue weighted by Crippen LogP contribution is -2.31. The molecule has 0 heterocycles. The minimum Gasteiger partial charge on any atom is -0.493 e. The molecule has 1 fully saturated rings. The van der Waals surface area contributed by atoms with E-state index in [1.165, 1.54) is 0 Å². The average molecular weight is 376 g/mol. The lowest BCUT2D eigenvalue weighted by Gasteiger charge is -2.13. The molecule has 2 atom stereocenters. The van der Waals surface area contributed by atoms with Gasteiger partial charge in [0.2, 0.25) is 11.8 Å². The van der Waals surface area contributed by atoms with E-state index in [2.05, 4.69) is 31.4 Å². The van der Waals surface area contributed by atoms with Gasteiger partial charge in [0, 0.05) is 25.4 Å². The number of benzene rings is 1. The zero-order valence-corrected chi connectivity index (χ0v) is 16.8. The summed E-state index contributed by atoms with van der Waals surface area (Å²) >= 11 is 0. The molecule has 1 saturated carbocycles. The molecule has 0 aromatic heterocycles. The van der Waals surface area contributed by atoms with E-state index in [-0.39, 0.29) is 24.2 Å². The maximum absolute atomic E-state index is 12.0. The van der Waals surface area contributed by atoms with E-state index in [1.54, 1.807) is 7.11 Å². The molecule has 2 rings (SSSR count). The van der Waals surface area contributed by atoms with Gasteiger partial charge in [-0.3, -0.25) is 9.59 Å². The molecule has 0 spiro atoms. The minimum atomic E-state index is -0.0876. The summed E-state index contributed by atoms with van der Waals surface area (Å²) in [7, 11) is 1.61. The molecule has 6 heteroatoms. The predicted molar refractivity (Wildman–Crippen MR) is 105 cm³/mol. The summed E-state index contributed by atoms with van der Waals surface area (Å²) < 4.78 is 11.2. The summed E-state index contributed by atoms with van der Waals surface area (Å²) in [5, 5.41) is 5.69. The normalized spacial score (nSPS) is 18.1. The molecule has 1 aliphatic carbocycles. The second-order valence-electron chi connectivity index (χ2n) is 7.65.